The molecular weight excluding hydrogens is 364 g/mol. The van der Waals surface area contributed by atoms with E-state index in [4.69, 9.17) is 12.2 Å². The second kappa shape index (κ2) is 8.24. The number of hydrogen-bond acceptors (Lipinski definition) is 4. The zero-order chi connectivity index (χ0) is 19.2. The SMILES string of the molecule is O=C(NNC(=S)NCc1cccc2ccccc12)c1cccc([N+](=O)[O-])c1. The molecule has 0 aliphatic heterocycles. The minimum atomic E-state index is -0.555. The molecule has 0 radical (unpaired) electrons. The third kappa shape index (κ3) is 4.56. The highest BCUT2D eigenvalue weighted by atomic mass is 32.1. The topological polar surface area (TPSA) is 96.3 Å². The van der Waals surface area contributed by atoms with E-state index in [9.17, 15) is 14.9 Å². The zero-order valence-corrected chi connectivity index (χ0v) is 15.0. The summed E-state index contributed by atoms with van der Waals surface area (Å²) in [7, 11) is 0. The minimum Gasteiger partial charge on any atom is -0.357 e. The maximum atomic E-state index is 12.1. The van der Waals surface area contributed by atoms with Gasteiger partial charge in [0.2, 0.25) is 0 Å². The molecule has 0 heterocycles. The number of hydrazine groups is 1. The molecule has 3 aromatic rings. The van der Waals surface area contributed by atoms with Gasteiger partial charge in [-0.1, -0.05) is 48.5 Å². The number of nitro groups is 1. The van der Waals surface area contributed by atoms with Gasteiger partial charge in [-0.2, -0.15) is 0 Å². The highest BCUT2D eigenvalue weighted by molar-refractivity contribution is 7.80. The third-order valence-electron chi connectivity index (χ3n) is 3.93. The number of hydrogen-bond donors (Lipinski definition) is 3. The van der Waals surface area contributed by atoms with Crippen LogP contribution in [0.4, 0.5) is 5.69 Å². The first-order valence-electron chi connectivity index (χ1n) is 8.10. The van der Waals surface area contributed by atoms with E-state index in [-0.39, 0.29) is 16.4 Å². The molecule has 0 saturated carbocycles. The molecule has 27 heavy (non-hydrogen) atoms. The van der Waals surface area contributed by atoms with Gasteiger partial charge in [0.05, 0.1) is 4.92 Å². The van der Waals surface area contributed by atoms with Crippen molar-refractivity contribution in [1.29, 1.82) is 0 Å². The maximum Gasteiger partial charge on any atom is 0.270 e. The van der Waals surface area contributed by atoms with Crippen molar-refractivity contribution < 1.29 is 9.72 Å². The monoisotopic (exact) mass is 380 g/mol. The van der Waals surface area contributed by atoms with Crippen molar-refractivity contribution in [3.8, 4) is 0 Å². The lowest BCUT2D eigenvalue weighted by Gasteiger charge is -2.13. The molecule has 136 valence electrons. The summed E-state index contributed by atoms with van der Waals surface area (Å²) >= 11 is 5.17. The van der Waals surface area contributed by atoms with Crippen molar-refractivity contribution in [2.45, 2.75) is 6.54 Å². The number of non-ortho nitro benzene ring substituents is 1. The van der Waals surface area contributed by atoms with Crippen LogP contribution in [0.3, 0.4) is 0 Å². The molecule has 1 amide bonds. The van der Waals surface area contributed by atoms with Gasteiger partial charge in [-0.25, -0.2) is 0 Å². The van der Waals surface area contributed by atoms with Crippen molar-refractivity contribution in [3.05, 3.63) is 88.0 Å². The van der Waals surface area contributed by atoms with E-state index in [1.165, 1.54) is 24.3 Å². The number of rotatable bonds is 4. The molecule has 3 N–H and O–H groups in total. The van der Waals surface area contributed by atoms with Gasteiger partial charge in [0, 0.05) is 24.2 Å². The highest BCUT2D eigenvalue weighted by Gasteiger charge is 2.11. The van der Waals surface area contributed by atoms with Crippen LogP contribution in [0.1, 0.15) is 15.9 Å². The molecule has 7 nitrogen and oxygen atoms in total. The number of thiocarbonyl (C=S) groups is 1. The molecule has 3 aromatic carbocycles. The number of fused-ring (bicyclic) bond motifs is 1. The molecule has 0 unspecified atom stereocenters. The van der Waals surface area contributed by atoms with Crippen LogP contribution in [0.5, 0.6) is 0 Å². The number of benzene rings is 3. The standard InChI is InChI=1S/C19H16N4O3S/c24-18(14-7-4-9-16(11-14)23(25)26)21-22-19(27)20-12-15-8-3-6-13-5-1-2-10-17(13)15/h1-11H,12H2,(H,21,24)(H2,20,22,27). The van der Waals surface area contributed by atoms with Crippen LogP contribution < -0.4 is 16.2 Å². The zero-order valence-electron chi connectivity index (χ0n) is 14.1. The van der Waals surface area contributed by atoms with Gasteiger partial charge in [-0.15, -0.1) is 0 Å². The lowest BCUT2D eigenvalue weighted by Crippen LogP contribution is -2.46. The minimum absolute atomic E-state index is 0.153. The highest BCUT2D eigenvalue weighted by Crippen LogP contribution is 2.18. The number of nitro benzene ring substituents is 1. The van der Waals surface area contributed by atoms with Crippen LogP contribution in [-0.2, 0) is 6.54 Å². The Hall–Kier alpha value is -3.52. The summed E-state index contributed by atoms with van der Waals surface area (Å²) in [5.41, 5.74) is 6.10. The lowest BCUT2D eigenvalue weighted by atomic mass is 10.0. The van der Waals surface area contributed by atoms with Gasteiger partial charge in [0.15, 0.2) is 5.11 Å². The molecular formula is C19H16N4O3S. The average Bonchev–Trinajstić information content (AvgIpc) is 2.70. The van der Waals surface area contributed by atoms with Crippen LogP contribution in [0.15, 0.2) is 66.7 Å². The molecule has 0 aliphatic rings. The summed E-state index contributed by atoms with van der Waals surface area (Å²) in [6.45, 7) is 0.486. The van der Waals surface area contributed by atoms with Gasteiger partial charge >= 0.3 is 0 Å². The van der Waals surface area contributed by atoms with Gasteiger partial charge < -0.3 is 5.32 Å². The predicted molar refractivity (Wildman–Crippen MR) is 107 cm³/mol. The van der Waals surface area contributed by atoms with Crippen molar-refractivity contribution >= 4 is 39.7 Å². The summed E-state index contributed by atoms with van der Waals surface area (Å²) in [6, 6.07) is 19.5. The quantitative estimate of drug-likeness (QED) is 0.366. The average molecular weight is 380 g/mol. The Labute approximate surface area is 160 Å². The van der Waals surface area contributed by atoms with Crippen LogP contribution in [0.25, 0.3) is 10.8 Å². The molecule has 0 atom stereocenters. The fourth-order valence-electron chi connectivity index (χ4n) is 2.61. The van der Waals surface area contributed by atoms with E-state index in [1.54, 1.807) is 0 Å². The summed E-state index contributed by atoms with van der Waals surface area (Å²) < 4.78 is 0. The van der Waals surface area contributed by atoms with Crippen LogP contribution in [0.2, 0.25) is 0 Å². The van der Waals surface area contributed by atoms with Gasteiger partial charge in [0.1, 0.15) is 0 Å². The van der Waals surface area contributed by atoms with E-state index in [1.807, 2.05) is 42.5 Å². The maximum absolute atomic E-state index is 12.1. The van der Waals surface area contributed by atoms with Crippen molar-refractivity contribution in [3.63, 3.8) is 0 Å². The van der Waals surface area contributed by atoms with Crippen molar-refractivity contribution in [1.82, 2.24) is 16.2 Å². The fraction of sp³-hybridized carbons (Fsp3) is 0.0526. The van der Waals surface area contributed by atoms with Crippen molar-refractivity contribution in [2.24, 2.45) is 0 Å². The molecule has 8 heteroatoms. The lowest BCUT2D eigenvalue weighted by molar-refractivity contribution is -0.384. The van der Waals surface area contributed by atoms with Crippen LogP contribution in [0, 0.1) is 10.1 Å². The second-order valence-corrected chi connectivity index (χ2v) is 6.12. The van der Waals surface area contributed by atoms with Crippen molar-refractivity contribution in [2.75, 3.05) is 0 Å². The molecule has 3 rings (SSSR count). The Morgan fingerprint density at radius 1 is 1.00 bits per heavy atom. The van der Waals surface area contributed by atoms with E-state index >= 15 is 0 Å². The van der Waals surface area contributed by atoms with Crippen LogP contribution in [-0.4, -0.2) is 15.9 Å². The van der Waals surface area contributed by atoms with Gasteiger partial charge in [-0.3, -0.25) is 25.8 Å². The molecule has 0 fully saturated rings. The molecule has 0 aliphatic carbocycles. The third-order valence-corrected chi connectivity index (χ3v) is 4.17. The normalized spacial score (nSPS) is 10.2. The predicted octanol–water partition coefficient (Wildman–Crippen LogP) is 3.06. The number of nitrogens with one attached hydrogen (secondary N) is 3. The molecule has 0 spiro atoms. The second-order valence-electron chi connectivity index (χ2n) is 5.71. The smallest absolute Gasteiger partial charge is 0.270 e. The number of carbonyl (C=O) groups excluding carboxylic acids is 1. The van der Waals surface area contributed by atoms with Gasteiger partial charge in [-0.05, 0) is 34.6 Å². The summed E-state index contributed by atoms with van der Waals surface area (Å²) in [4.78, 5) is 22.3. The first kappa shape index (κ1) is 18.3. The number of amides is 1. The fourth-order valence-corrected chi connectivity index (χ4v) is 2.74. The Balaban J connectivity index is 1.56. The number of carbonyl (C=O) groups is 1. The Morgan fingerprint density at radius 3 is 2.56 bits per heavy atom. The molecule has 0 aromatic heterocycles. The number of nitrogens with zero attached hydrogens (tertiary/aromatic N) is 1. The van der Waals surface area contributed by atoms with E-state index < -0.39 is 10.8 Å². The summed E-state index contributed by atoms with van der Waals surface area (Å²) in [5, 5.41) is 16.3. The largest absolute Gasteiger partial charge is 0.357 e. The molecule has 0 bridgehead atoms. The Kier molecular flexibility index (Phi) is 5.58. The Bertz CT molecular complexity index is 1020. The summed E-state index contributed by atoms with van der Waals surface area (Å²) in [6.07, 6.45) is 0. The Morgan fingerprint density at radius 2 is 1.74 bits per heavy atom. The first-order valence-corrected chi connectivity index (χ1v) is 8.51. The van der Waals surface area contributed by atoms with E-state index in [2.05, 4.69) is 16.2 Å². The summed E-state index contributed by atoms with van der Waals surface area (Å²) in [5.74, 6) is -0.520. The van der Waals surface area contributed by atoms with Crippen LogP contribution >= 0.6 is 12.2 Å². The van der Waals surface area contributed by atoms with Gasteiger partial charge in [0.25, 0.3) is 11.6 Å². The van der Waals surface area contributed by atoms with E-state index in [0.717, 1.165) is 16.3 Å². The van der Waals surface area contributed by atoms with E-state index in [0.29, 0.717) is 6.54 Å². The first-order chi connectivity index (χ1) is 13.0. The molecule has 0 saturated heterocycles.